The molecule has 2 N–H and O–H groups in total. The fourth-order valence-electron chi connectivity index (χ4n) is 4.25. The second-order valence-electron chi connectivity index (χ2n) is 7.91. The molecule has 2 aliphatic heterocycles. The molecule has 0 saturated carbocycles. The molecule has 33 heavy (non-hydrogen) atoms. The summed E-state index contributed by atoms with van der Waals surface area (Å²) in [5.41, 5.74) is 3.18. The fourth-order valence-corrected chi connectivity index (χ4v) is 4.25. The van der Waals surface area contributed by atoms with Gasteiger partial charge < -0.3 is 15.0 Å². The van der Waals surface area contributed by atoms with Crippen molar-refractivity contribution in [2.75, 3.05) is 19.1 Å². The average molecular weight is 460 g/mol. The standard InChI is InChI=1S/C23H23F3N4O3/c1-13-17(21(31)29(2)15-10-7-11-16(12-15)33-3)22(32)30-20(27-13)18(14-8-5-4-6-9-14)19(28-30)23(24,25)26/h4-12,18-20,27-28H,1-3H3. The number of benzene rings is 2. The number of ether oxygens (including phenoxy) is 1. The number of allylic oxidation sites excluding steroid dienone is 1. The minimum Gasteiger partial charge on any atom is -0.497 e. The van der Waals surface area contributed by atoms with Gasteiger partial charge in [0.2, 0.25) is 0 Å². The zero-order valence-electron chi connectivity index (χ0n) is 18.2. The van der Waals surface area contributed by atoms with Crippen molar-refractivity contribution in [3.8, 4) is 5.75 Å². The minimum absolute atomic E-state index is 0.214. The number of hydrazine groups is 1. The molecule has 0 aromatic heterocycles. The van der Waals surface area contributed by atoms with Crippen LogP contribution in [0.5, 0.6) is 5.75 Å². The molecule has 2 heterocycles. The van der Waals surface area contributed by atoms with Gasteiger partial charge >= 0.3 is 6.18 Å². The molecule has 1 fully saturated rings. The van der Waals surface area contributed by atoms with Gasteiger partial charge in [0.05, 0.1) is 13.0 Å². The Hall–Kier alpha value is -3.53. The number of methoxy groups -OCH3 is 1. The summed E-state index contributed by atoms with van der Waals surface area (Å²) < 4.78 is 46.9. The number of anilines is 1. The lowest BCUT2D eigenvalue weighted by Gasteiger charge is -2.35. The maximum absolute atomic E-state index is 13.9. The van der Waals surface area contributed by atoms with Gasteiger partial charge in [-0.25, -0.2) is 10.4 Å². The smallest absolute Gasteiger partial charge is 0.406 e. The number of hydrogen-bond acceptors (Lipinski definition) is 5. The highest BCUT2D eigenvalue weighted by Crippen LogP contribution is 2.41. The molecule has 3 atom stereocenters. The van der Waals surface area contributed by atoms with Crippen molar-refractivity contribution in [3.05, 3.63) is 71.4 Å². The SMILES string of the molecule is COc1cccc(N(C)C(=O)C2=C(C)NC3C(c4ccccc4)C(C(F)(F)F)NN3C2=O)c1. The summed E-state index contributed by atoms with van der Waals surface area (Å²) in [7, 11) is 2.97. The molecular weight excluding hydrogens is 437 g/mol. The summed E-state index contributed by atoms with van der Waals surface area (Å²) in [6.07, 6.45) is -5.62. The van der Waals surface area contributed by atoms with Crippen molar-refractivity contribution >= 4 is 17.5 Å². The van der Waals surface area contributed by atoms with Crippen LogP contribution in [0.3, 0.4) is 0 Å². The number of fused-ring (bicyclic) bond motifs is 1. The van der Waals surface area contributed by atoms with Gasteiger partial charge in [0.1, 0.15) is 23.5 Å². The first-order valence-electron chi connectivity index (χ1n) is 10.2. The average Bonchev–Trinajstić information content (AvgIpc) is 3.19. The van der Waals surface area contributed by atoms with E-state index >= 15 is 0 Å². The lowest BCUT2D eigenvalue weighted by molar-refractivity contribution is -0.161. The largest absolute Gasteiger partial charge is 0.497 e. The molecule has 3 unspecified atom stereocenters. The van der Waals surface area contributed by atoms with Crippen molar-refractivity contribution in [3.63, 3.8) is 0 Å². The highest BCUT2D eigenvalue weighted by Gasteiger charge is 2.58. The number of hydrogen-bond donors (Lipinski definition) is 2. The topological polar surface area (TPSA) is 73.9 Å². The molecule has 1 saturated heterocycles. The number of nitrogens with zero attached hydrogens (tertiary/aromatic N) is 2. The third-order valence-electron chi connectivity index (χ3n) is 5.92. The van der Waals surface area contributed by atoms with Gasteiger partial charge in [0, 0.05) is 24.5 Å². The summed E-state index contributed by atoms with van der Waals surface area (Å²) in [5, 5.41) is 3.85. The number of likely N-dealkylation sites (N-methyl/N-ethyl adjacent to an activating group) is 1. The lowest BCUT2D eigenvalue weighted by Crippen LogP contribution is -2.56. The van der Waals surface area contributed by atoms with Gasteiger partial charge in [-0.05, 0) is 24.6 Å². The third-order valence-corrected chi connectivity index (χ3v) is 5.92. The Morgan fingerprint density at radius 1 is 1.12 bits per heavy atom. The molecule has 2 amide bonds. The van der Waals surface area contributed by atoms with E-state index in [2.05, 4.69) is 10.7 Å². The Morgan fingerprint density at radius 3 is 2.45 bits per heavy atom. The summed E-state index contributed by atoms with van der Waals surface area (Å²) in [6.45, 7) is 1.52. The molecule has 2 aliphatic rings. The molecule has 0 bridgehead atoms. The quantitative estimate of drug-likeness (QED) is 0.687. The van der Waals surface area contributed by atoms with Crippen molar-refractivity contribution in [1.29, 1.82) is 0 Å². The highest BCUT2D eigenvalue weighted by molar-refractivity contribution is 6.24. The van der Waals surface area contributed by atoms with Gasteiger partial charge in [0.15, 0.2) is 0 Å². The van der Waals surface area contributed by atoms with Crippen LogP contribution in [-0.4, -0.2) is 49.4 Å². The van der Waals surface area contributed by atoms with Gasteiger partial charge in [-0.15, -0.1) is 0 Å². The van der Waals surface area contributed by atoms with E-state index in [0.717, 1.165) is 5.01 Å². The number of halogens is 3. The maximum Gasteiger partial charge on any atom is 0.406 e. The summed E-state index contributed by atoms with van der Waals surface area (Å²) in [6, 6.07) is 12.9. The monoisotopic (exact) mass is 460 g/mol. The molecule has 174 valence electrons. The van der Waals surface area contributed by atoms with Crippen molar-refractivity contribution in [2.24, 2.45) is 0 Å². The highest BCUT2D eigenvalue weighted by atomic mass is 19.4. The van der Waals surface area contributed by atoms with E-state index in [0.29, 0.717) is 17.0 Å². The summed E-state index contributed by atoms with van der Waals surface area (Å²) >= 11 is 0. The predicted molar refractivity (Wildman–Crippen MR) is 115 cm³/mol. The minimum atomic E-state index is -4.62. The Kier molecular flexibility index (Phi) is 5.79. The number of rotatable bonds is 4. The van der Waals surface area contributed by atoms with E-state index in [9.17, 15) is 22.8 Å². The van der Waals surface area contributed by atoms with Gasteiger partial charge in [-0.1, -0.05) is 36.4 Å². The number of alkyl halides is 3. The molecule has 0 radical (unpaired) electrons. The number of carbonyl (C=O) groups excluding carboxylic acids is 2. The number of carbonyl (C=O) groups is 2. The Morgan fingerprint density at radius 2 is 1.82 bits per heavy atom. The molecule has 0 spiro atoms. The van der Waals surface area contributed by atoms with E-state index in [1.54, 1.807) is 54.6 Å². The van der Waals surface area contributed by atoms with E-state index in [1.165, 1.54) is 26.0 Å². The van der Waals surface area contributed by atoms with Crippen molar-refractivity contribution in [1.82, 2.24) is 15.8 Å². The lowest BCUT2D eigenvalue weighted by atomic mass is 9.89. The van der Waals surface area contributed by atoms with E-state index < -0.39 is 36.1 Å². The van der Waals surface area contributed by atoms with E-state index in [1.807, 2.05) is 0 Å². The van der Waals surface area contributed by atoms with Crippen LogP contribution >= 0.6 is 0 Å². The molecule has 7 nitrogen and oxygen atoms in total. The van der Waals surface area contributed by atoms with Gasteiger partial charge in [-0.2, -0.15) is 13.2 Å². The molecule has 10 heteroatoms. The van der Waals surface area contributed by atoms with Crippen LogP contribution < -0.4 is 20.4 Å². The van der Waals surface area contributed by atoms with Crippen LogP contribution in [0.1, 0.15) is 18.4 Å². The van der Waals surface area contributed by atoms with Gasteiger partial charge in [-0.3, -0.25) is 9.59 Å². The molecule has 2 aromatic rings. The first kappa shape index (κ1) is 22.7. The first-order chi connectivity index (χ1) is 15.6. The summed E-state index contributed by atoms with van der Waals surface area (Å²) in [5.74, 6) is -2.04. The Labute approximate surface area is 188 Å². The van der Waals surface area contributed by atoms with Gasteiger partial charge in [0.25, 0.3) is 11.8 Å². The molecule has 2 aromatic carbocycles. The van der Waals surface area contributed by atoms with Crippen molar-refractivity contribution in [2.45, 2.75) is 31.2 Å². The van der Waals surface area contributed by atoms with Crippen LogP contribution in [0.4, 0.5) is 18.9 Å². The second-order valence-corrected chi connectivity index (χ2v) is 7.91. The van der Waals surface area contributed by atoms with E-state index in [-0.39, 0.29) is 11.3 Å². The zero-order valence-corrected chi connectivity index (χ0v) is 18.2. The molecular formula is C23H23F3N4O3. The predicted octanol–water partition coefficient (Wildman–Crippen LogP) is 2.92. The Balaban J connectivity index is 1.68. The third kappa shape index (κ3) is 4.02. The van der Waals surface area contributed by atoms with Crippen LogP contribution in [-0.2, 0) is 9.59 Å². The maximum atomic E-state index is 13.9. The van der Waals surface area contributed by atoms with Crippen LogP contribution in [0.15, 0.2) is 65.9 Å². The second kappa shape index (κ2) is 8.43. The van der Waals surface area contributed by atoms with Crippen molar-refractivity contribution < 1.29 is 27.5 Å². The number of nitrogens with one attached hydrogen (secondary N) is 2. The zero-order chi connectivity index (χ0) is 23.9. The van der Waals surface area contributed by atoms with Crippen LogP contribution in [0.25, 0.3) is 0 Å². The first-order valence-corrected chi connectivity index (χ1v) is 10.2. The Bertz CT molecular complexity index is 1100. The fraction of sp³-hybridized carbons (Fsp3) is 0.304. The molecule has 0 aliphatic carbocycles. The summed E-state index contributed by atoms with van der Waals surface area (Å²) in [4.78, 5) is 27.8. The van der Waals surface area contributed by atoms with E-state index in [4.69, 9.17) is 4.74 Å². The molecule has 4 rings (SSSR count). The van der Waals surface area contributed by atoms with Crippen LogP contribution in [0, 0.1) is 0 Å². The van der Waals surface area contributed by atoms with Crippen LogP contribution in [0.2, 0.25) is 0 Å². The normalized spacial score (nSPS) is 22.7. The number of amides is 2.